The molecule has 0 spiro atoms. The van der Waals surface area contributed by atoms with Crippen LogP contribution < -0.4 is 9.64 Å². The molecule has 2 saturated heterocycles. The highest BCUT2D eigenvalue weighted by Crippen LogP contribution is 2.35. The summed E-state index contributed by atoms with van der Waals surface area (Å²) in [5.74, 6) is 0.411. The molecule has 0 N–H and O–H groups in total. The van der Waals surface area contributed by atoms with Gasteiger partial charge in [0.05, 0.1) is 10.6 Å². The molecule has 0 aliphatic carbocycles. The summed E-state index contributed by atoms with van der Waals surface area (Å²) in [5, 5.41) is 0. The zero-order chi connectivity index (χ0) is 22.0. The van der Waals surface area contributed by atoms with Crippen molar-refractivity contribution in [2.45, 2.75) is 50.3 Å². The van der Waals surface area contributed by atoms with Crippen LogP contribution in [0.5, 0.6) is 5.75 Å². The summed E-state index contributed by atoms with van der Waals surface area (Å²) in [7, 11) is -3.67. The molecule has 9 heteroatoms. The second-order valence-corrected chi connectivity index (χ2v) is 10.7. The number of fused-ring (bicyclic) bond motifs is 1. The number of piperidine rings is 1. The van der Waals surface area contributed by atoms with E-state index < -0.39 is 10.0 Å². The number of anilines is 1. The maximum atomic E-state index is 13.2. The molecule has 31 heavy (non-hydrogen) atoms. The molecule has 1 aromatic rings. The minimum atomic E-state index is -3.67. The standard InChI is InChI=1S/C22H31N3O5S/c1-17-7-6-10-23(14-17)21(26)15-25-19-13-18(8-9-20(19)30-16-22(25)27)31(28,29)24-11-4-2-3-5-12-24/h8-9,13,17H,2-7,10-12,14-16H2,1H3/t17-/m1/s1. The molecular weight excluding hydrogens is 418 g/mol. The maximum Gasteiger partial charge on any atom is 0.265 e. The van der Waals surface area contributed by atoms with Gasteiger partial charge in [-0.1, -0.05) is 19.8 Å². The number of carbonyl (C=O) groups is 2. The number of amides is 2. The van der Waals surface area contributed by atoms with Gasteiger partial charge in [-0.15, -0.1) is 0 Å². The smallest absolute Gasteiger partial charge is 0.265 e. The van der Waals surface area contributed by atoms with Crippen molar-refractivity contribution in [1.29, 1.82) is 0 Å². The summed E-state index contributed by atoms with van der Waals surface area (Å²) in [6.07, 6.45) is 5.81. The molecule has 3 heterocycles. The predicted molar refractivity (Wildman–Crippen MR) is 116 cm³/mol. The maximum absolute atomic E-state index is 13.2. The first-order valence-corrected chi connectivity index (χ1v) is 12.7. The van der Waals surface area contributed by atoms with Gasteiger partial charge in [-0.3, -0.25) is 14.5 Å². The number of ether oxygens (including phenoxy) is 1. The van der Waals surface area contributed by atoms with E-state index >= 15 is 0 Å². The van der Waals surface area contributed by atoms with E-state index in [1.54, 1.807) is 11.0 Å². The lowest BCUT2D eigenvalue weighted by atomic mass is 10.0. The van der Waals surface area contributed by atoms with E-state index in [-0.39, 0.29) is 29.9 Å². The number of carbonyl (C=O) groups excluding carboxylic acids is 2. The van der Waals surface area contributed by atoms with Gasteiger partial charge in [-0.05, 0) is 49.8 Å². The Labute approximate surface area is 184 Å². The van der Waals surface area contributed by atoms with Gasteiger partial charge in [0.1, 0.15) is 12.3 Å². The van der Waals surface area contributed by atoms with Crippen molar-refractivity contribution in [3.8, 4) is 5.75 Å². The minimum Gasteiger partial charge on any atom is -0.482 e. The van der Waals surface area contributed by atoms with Crippen LogP contribution in [0.3, 0.4) is 0 Å². The molecule has 3 aliphatic rings. The van der Waals surface area contributed by atoms with Gasteiger partial charge in [-0.2, -0.15) is 4.31 Å². The van der Waals surface area contributed by atoms with Crippen LogP contribution in [0.1, 0.15) is 45.4 Å². The van der Waals surface area contributed by atoms with Crippen molar-refractivity contribution in [2.24, 2.45) is 5.92 Å². The van der Waals surface area contributed by atoms with E-state index in [1.807, 2.05) is 0 Å². The topological polar surface area (TPSA) is 87.2 Å². The van der Waals surface area contributed by atoms with Crippen LogP contribution in [0.25, 0.3) is 0 Å². The number of likely N-dealkylation sites (tertiary alicyclic amines) is 1. The highest BCUT2D eigenvalue weighted by molar-refractivity contribution is 7.89. The Bertz CT molecular complexity index is 940. The minimum absolute atomic E-state index is 0.102. The number of benzene rings is 1. The lowest BCUT2D eigenvalue weighted by Gasteiger charge is -2.34. The largest absolute Gasteiger partial charge is 0.482 e. The number of nitrogens with zero attached hydrogens (tertiary/aromatic N) is 3. The SMILES string of the molecule is C[C@@H]1CCCN(C(=O)CN2C(=O)COc3ccc(S(=O)(=O)N4CCCCCC4)cc32)C1. The fourth-order valence-electron chi connectivity index (χ4n) is 4.60. The molecule has 0 bridgehead atoms. The fraction of sp³-hybridized carbons (Fsp3) is 0.636. The van der Waals surface area contributed by atoms with E-state index in [4.69, 9.17) is 4.74 Å². The van der Waals surface area contributed by atoms with E-state index in [0.717, 1.165) is 38.5 Å². The number of rotatable bonds is 4. The quantitative estimate of drug-likeness (QED) is 0.704. The molecule has 1 aromatic carbocycles. The van der Waals surface area contributed by atoms with E-state index in [0.29, 0.717) is 43.5 Å². The van der Waals surface area contributed by atoms with Crippen LogP contribution in [-0.4, -0.2) is 68.8 Å². The Kier molecular flexibility index (Phi) is 6.52. The van der Waals surface area contributed by atoms with Gasteiger partial charge in [0.2, 0.25) is 15.9 Å². The number of hydrogen-bond donors (Lipinski definition) is 0. The average Bonchev–Trinajstić information content (AvgIpc) is 3.05. The summed E-state index contributed by atoms with van der Waals surface area (Å²) >= 11 is 0. The molecule has 0 aromatic heterocycles. The summed E-state index contributed by atoms with van der Waals surface area (Å²) < 4.78 is 33.5. The third-order valence-corrected chi connectivity index (χ3v) is 8.27. The normalized spacial score (nSPS) is 23.1. The van der Waals surface area contributed by atoms with Crippen LogP contribution in [0.15, 0.2) is 23.1 Å². The molecule has 3 aliphatic heterocycles. The monoisotopic (exact) mass is 449 g/mol. The first kappa shape index (κ1) is 22.1. The Balaban J connectivity index is 1.59. The average molecular weight is 450 g/mol. The fourth-order valence-corrected chi connectivity index (χ4v) is 6.14. The molecule has 2 fully saturated rings. The second-order valence-electron chi connectivity index (χ2n) is 8.80. The third kappa shape index (κ3) is 4.72. The first-order chi connectivity index (χ1) is 14.9. The van der Waals surface area contributed by atoms with Crippen LogP contribution in [-0.2, 0) is 19.6 Å². The first-order valence-electron chi connectivity index (χ1n) is 11.2. The summed E-state index contributed by atoms with van der Waals surface area (Å²) in [6.45, 7) is 4.25. The van der Waals surface area contributed by atoms with Crippen molar-refractivity contribution in [3.05, 3.63) is 18.2 Å². The van der Waals surface area contributed by atoms with Gasteiger partial charge >= 0.3 is 0 Å². The van der Waals surface area contributed by atoms with Crippen molar-refractivity contribution in [3.63, 3.8) is 0 Å². The molecule has 0 unspecified atom stereocenters. The van der Waals surface area contributed by atoms with E-state index in [9.17, 15) is 18.0 Å². The lowest BCUT2D eigenvalue weighted by Crippen LogP contribution is -2.48. The van der Waals surface area contributed by atoms with E-state index in [2.05, 4.69) is 6.92 Å². The molecule has 0 saturated carbocycles. The molecule has 170 valence electrons. The van der Waals surface area contributed by atoms with Gasteiger partial charge in [0.15, 0.2) is 6.61 Å². The van der Waals surface area contributed by atoms with Crippen LogP contribution >= 0.6 is 0 Å². The van der Waals surface area contributed by atoms with Crippen molar-refractivity contribution >= 4 is 27.5 Å². The Hall–Kier alpha value is -2.13. The second kappa shape index (κ2) is 9.16. The molecule has 2 amide bonds. The number of sulfonamides is 1. The summed E-state index contributed by atoms with van der Waals surface area (Å²) in [6, 6.07) is 4.60. The van der Waals surface area contributed by atoms with Gasteiger partial charge in [0, 0.05) is 26.2 Å². The Morgan fingerprint density at radius 2 is 1.84 bits per heavy atom. The van der Waals surface area contributed by atoms with Crippen LogP contribution in [0.4, 0.5) is 5.69 Å². The Morgan fingerprint density at radius 3 is 2.55 bits per heavy atom. The predicted octanol–water partition coefficient (Wildman–Crippen LogP) is 2.24. The number of hydrogen-bond acceptors (Lipinski definition) is 5. The van der Waals surface area contributed by atoms with Gasteiger partial charge in [-0.25, -0.2) is 8.42 Å². The van der Waals surface area contributed by atoms with E-state index in [1.165, 1.54) is 21.3 Å². The molecule has 0 radical (unpaired) electrons. The summed E-state index contributed by atoms with van der Waals surface area (Å²) in [4.78, 5) is 28.8. The van der Waals surface area contributed by atoms with Gasteiger partial charge < -0.3 is 9.64 Å². The zero-order valence-electron chi connectivity index (χ0n) is 18.1. The summed E-state index contributed by atoms with van der Waals surface area (Å²) in [5.41, 5.74) is 0.352. The Morgan fingerprint density at radius 1 is 1.10 bits per heavy atom. The molecular formula is C22H31N3O5S. The zero-order valence-corrected chi connectivity index (χ0v) is 18.9. The molecule has 1 atom stereocenters. The molecule has 8 nitrogen and oxygen atoms in total. The third-order valence-electron chi connectivity index (χ3n) is 6.38. The lowest BCUT2D eigenvalue weighted by molar-refractivity contribution is -0.133. The highest BCUT2D eigenvalue weighted by atomic mass is 32.2. The van der Waals surface area contributed by atoms with Crippen LogP contribution in [0, 0.1) is 5.92 Å². The highest BCUT2D eigenvalue weighted by Gasteiger charge is 2.33. The van der Waals surface area contributed by atoms with Crippen molar-refractivity contribution in [2.75, 3.05) is 44.2 Å². The van der Waals surface area contributed by atoms with Crippen LogP contribution in [0.2, 0.25) is 0 Å². The van der Waals surface area contributed by atoms with Gasteiger partial charge in [0.25, 0.3) is 5.91 Å². The van der Waals surface area contributed by atoms with Crippen molar-refractivity contribution in [1.82, 2.24) is 9.21 Å². The van der Waals surface area contributed by atoms with Crippen molar-refractivity contribution < 1.29 is 22.7 Å². The molecule has 4 rings (SSSR count).